The van der Waals surface area contributed by atoms with Crippen molar-refractivity contribution < 1.29 is 0 Å². The molecule has 0 bridgehead atoms. The van der Waals surface area contributed by atoms with E-state index in [-0.39, 0.29) is 0 Å². The summed E-state index contributed by atoms with van der Waals surface area (Å²) in [7, 11) is 0. The Labute approximate surface area is 108 Å². The zero-order valence-electron chi connectivity index (χ0n) is 10.8. The minimum absolute atomic E-state index is 0.495. The number of benzene rings is 1. The van der Waals surface area contributed by atoms with Gasteiger partial charge in [-0.15, -0.1) is 0 Å². The maximum Gasteiger partial charge on any atom is 0.193 e. The average Bonchev–Trinajstić information content (AvgIpc) is 2.30. The molecule has 0 heterocycles. The van der Waals surface area contributed by atoms with Crippen LogP contribution >= 0.6 is 11.8 Å². The Hall–Kier alpha value is -1.16. The summed E-state index contributed by atoms with van der Waals surface area (Å²) in [4.78, 5) is 4.28. The molecule has 0 saturated carbocycles. The molecule has 0 aliphatic heterocycles. The Balaban J connectivity index is 2.49. The first-order chi connectivity index (χ1) is 8.13. The number of hydrogen-bond donors (Lipinski definition) is 2. The Kier molecular flexibility index (Phi) is 5.91. The van der Waals surface area contributed by atoms with Crippen LogP contribution < -0.4 is 11.1 Å². The summed E-state index contributed by atoms with van der Waals surface area (Å²) in [5.41, 5.74) is 9.35. The van der Waals surface area contributed by atoms with Crippen LogP contribution in [0.15, 0.2) is 23.2 Å². The Morgan fingerprint density at radius 1 is 1.35 bits per heavy atom. The number of guanidine groups is 1. The van der Waals surface area contributed by atoms with Crippen molar-refractivity contribution in [2.45, 2.75) is 20.3 Å². The van der Waals surface area contributed by atoms with Crippen molar-refractivity contribution in [2.24, 2.45) is 10.7 Å². The van der Waals surface area contributed by atoms with Crippen LogP contribution in [0.3, 0.4) is 0 Å². The number of rotatable bonds is 5. The lowest BCUT2D eigenvalue weighted by atomic mass is 10.1. The normalized spacial score (nSPS) is 11.6. The van der Waals surface area contributed by atoms with Crippen molar-refractivity contribution in [2.75, 3.05) is 23.9 Å². The van der Waals surface area contributed by atoms with Gasteiger partial charge in [0, 0.05) is 12.2 Å². The maximum absolute atomic E-state index is 5.81. The smallest absolute Gasteiger partial charge is 0.193 e. The largest absolute Gasteiger partial charge is 0.370 e. The molecule has 1 aromatic rings. The zero-order chi connectivity index (χ0) is 12.7. The van der Waals surface area contributed by atoms with Gasteiger partial charge in [0.25, 0.3) is 0 Å². The van der Waals surface area contributed by atoms with Crippen LogP contribution in [0, 0.1) is 13.8 Å². The molecule has 0 aliphatic carbocycles. The van der Waals surface area contributed by atoms with E-state index in [0.717, 1.165) is 24.4 Å². The average molecular weight is 251 g/mol. The van der Waals surface area contributed by atoms with E-state index in [1.54, 1.807) is 0 Å². The molecule has 0 saturated heterocycles. The molecule has 0 amide bonds. The molecule has 0 aromatic heterocycles. The number of hydrogen-bond acceptors (Lipinski definition) is 2. The number of nitrogens with zero attached hydrogens (tertiary/aromatic N) is 1. The van der Waals surface area contributed by atoms with Gasteiger partial charge in [-0.05, 0) is 55.5 Å². The summed E-state index contributed by atoms with van der Waals surface area (Å²) >= 11 is 1.83. The van der Waals surface area contributed by atoms with Gasteiger partial charge in [0.2, 0.25) is 0 Å². The molecule has 0 unspecified atom stereocenters. The number of aryl methyl sites for hydroxylation is 2. The molecular weight excluding hydrogens is 230 g/mol. The van der Waals surface area contributed by atoms with Gasteiger partial charge >= 0.3 is 0 Å². The van der Waals surface area contributed by atoms with Crippen LogP contribution in [0.25, 0.3) is 0 Å². The third kappa shape index (κ3) is 5.13. The highest BCUT2D eigenvalue weighted by Crippen LogP contribution is 2.13. The molecule has 17 heavy (non-hydrogen) atoms. The molecule has 0 aliphatic rings. The fourth-order valence-corrected chi connectivity index (χ4v) is 1.83. The third-order valence-corrected chi connectivity index (χ3v) is 3.26. The molecule has 0 fully saturated rings. The van der Waals surface area contributed by atoms with Crippen LogP contribution in [0.4, 0.5) is 5.69 Å². The highest BCUT2D eigenvalue weighted by molar-refractivity contribution is 7.98. The maximum atomic E-state index is 5.81. The van der Waals surface area contributed by atoms with E-state index in [4.69, 9.17) is 5.73 Å². The highest BCUT2D eigenvalue weighted by atomic mass is 32.2. The van der Waals surface area contributed by atoms with Crippen LogP contribution in [0.1, 0.15) is 17.5 Å². The van der Waals surface area contributed by atoms with Crippen molar-refractivity contribution >= 4 is 23.4 Å². The van der Waals surface area contributed by atoms with Gasteiger partial charge in [0.05, 0.1) is 0 Å². The zero-order valence-corrected chi connectivity index (χ0v) is 11.6. The number of thioether (sulfide) groups is 1. The number of aliphatic imine (C=N–C) groups is 1. The van der Waals surface area contributed by atoms with Gasteiger partial charge in [0.15, 0.2) is 5.96 Å². The SMILES string of the molecule is CSCCCN=C(N)Nc1ccc(C)c(C)c1. The summed E-state index contributed by atoms with van der Waals surface area (Å²) in [5, 5.41) is 3.11. The summed E-state index contributed by atoms with van der Waals surface area (Å²) in [6.07, 6.45) is 3.16. The van der Waals surface area contributed by atoms with Gasteiger partial charge in [-0.1, -0.05) is 6.07 Å². The lowest BCUT2D eigenvalue weighted by Crippen LogP contribution is -2.23. The second kappa shape index (κ2) is 7.22. The molecule has 4 heteroatoms. The van der Waals surface area contributed by atoms with Crippen LogP contribution in [0.5, 0.6) is 0 Å². The Bertz CT molecular complexity index is 388. The van der Waals surface area contributed by atoms with E-state index in [0.29, 0.717) is 5.96 Å². The Morgan fingerprint density at radius 3 is 2.76 bits per heavy atom. The summed E-state index contributed by atoms with van der Waals surface area (Å²) in [6.45, 7) is 4.97. The fraction of sp³-hybridized carbons (Fsp3) is 0.462. The minimum atomic E-state index is 0.495. The lowest BCUT2D eigenvalue weighted by molar-refractivity contribution is 0.941. The van der Waals surface area contributed by atoms with Gasteiger partial charge in [-0.3, -0.25) is 4.99 Å². The molecule has 0 atom stereocenters. The molecular formula is C13H21N3S. The number of anilines is 1. The first-order valence-electron chi connectivity index (χ1n) is 5.76. The van der Waals surface area contributed by atoms with E-state index in [1.807, 2.05) is 17.8 Å². The summed E-state index contributed by atoms with van der Waals surface area (Å²) < 4.78 is 0. The first-order valence-corrected chi connectivity index (χ1v) is 7.16. The van der Waals surface area contributed by atoms with E-state index in [2.05, 4.69) is 42.5 Å². The first kappa shape index (κ1) is 13.9. The van der Waals surface area contributed by atoms with Gasteiger partial charge in [-0.2, -0.15) is 11.8 Å². The molecule has 0 radical (unpaired) electrons. The predicted octanol–water partition coefficient (Wildman–Crippen LogP) is 2.78. The van der Waals surface area contributed by atoms with Crippen molar-refractivity contribution in [3.63, 3.8) is 0 Å². The standard InChI is InChI=1S/C13H21N3S/c1-10-5-6-12(9-11(10)2)16-13(14)15-7-4-8-17-3/h5-6,9H,4,7-8H2,1-3H3,(H3,14,15,16). The molecule has 0 spiro atoms. The van der Waals surface area contributed by atoms with E-state index in [9.17, 15) is 0 Å². The number of nitrogens with two attached hydrogens (primary N) is 1. The van der Waals surface area contributed by atoms with Crippen molar-refractivity contribution in [3.8, 4) is 0 Å². The topological polar surface area (TPSA) is 50.4 Å². The minimum Gasteiger partial charge on any atom is -0.370 e. The molecule has 94 valence electrons. The van der Waals surface area contributed by atoms with Gasteiger partial charge in [-0.25, -0.2) is 0 Å². The summed E-state index contributed by atoms with van der Waals surface area (Å²) in [6, 6.07) is 6.19. The third-order valence-electron chi connectivity index (χ3n) is 2.57. The second-order valence-corrected chi connectivity index (χ2v) is 5.02. The number of nitrogens with one attached hydrogen (secondary N) is 1. The summed E-state index contributed by atoms with van der Waals surface area (Å²) in [5.74, 6) is 1.62. The van der Waals surface area contributed by atoms with Crippen molar-refractivity contribution in [1.29, 1.82) is 0 Å². The molecule has 1 aromatic carbocycles. The second-order valence-electron chi connectivity index (χ2n) is 4.04. The van der Waals surface area contributed by atoms with Crippen molar-refractivity contribution in [1.82, 2.24) is 0 Å². The Morgan fingerprint density at radius 2 is 2.12 bits per heavy atom. The van der Waals surface area contributed by atoms with Crippen LogP contribution in [-0.4, -0.2) is 24.5 Å². The van der Waals surface area contributed by atoms with Gasteiger partial charge < -0.3 is 11.1 Å². The van der Waals surface area contributed by atoms with Crippen molar-refractivity contribution in [3.05, 3.63) is 29.3 Å². The quantitative estimate of drug-likeness (QED) is 0.480. The lowest BCUT2D eigenvalue weighted by Gasteiger charge is -2.07. The van der Waals surface area contributed by atoms with Crippen LogP contribution in [0.2, 0.25) is 0 Å². The van der Waals surface area contributed by atoms with Gasteiger partial charge in [0.1, 0.15) is 0 Å². The fourth-order valence-electron chi connectivity index (χ4n) is 1.41. The monoisotopic (exact) mass is 251 g/mol. The molecule has 3 N–H and O–H groups in total. The van der Waals surface area contributed by atoms with E-state index < -0.39 is 0 Å². The molecule has 1 rings (SSSR count). The predicted molar refractivity (Wildman–Crippen MR) is 79.0 cm³/mol. The van der Waals surface area contributed by atoms with E-state index in [1.165, 1.54) is 11.1 Å². The van der Waals surface area contributed by atoms with E-state index >= 15 is 0 Å². The molecule has 3 nitrogen and oxygen atoms in total. The highest BCUT2D eigenvalue weighted by Gasteiger charge is 1.97. The van der Waals surface area contributed by atoms with Crippen LogP contribution in [-0.2, 0) is 0 Å².